The average Bonchev–Trinajstić information content (AvgIpc) is 3.78. The fourth-order valence-electron chi connectivity index (χ4n) is 5.24. The lowest BCUT2D eigenvalue weighted by molar-refractivity contribution is -0.105. The molecular weight excluding hydrogens is 716 g/mol. The Kier molecular flexibility index (Phi) is 25.5. The number of aromatic hydroxyl groups is 1. The lowest BCUT2D eigenvalue weighted by Crippen LogP contribution is -2.29. The fraction of sp³-hybridized carbons (Fsp3) is 0.432. The monoisotopic (exact) mass is 780 g/mol. The normalized spacial score (nSPS) is 10.9. The number of likely N-dealkylation sites (N-methyl/N-ethyl adjacent to an activating group) is 1. The van der Waals surface area contributed by atoms with Crippen LogP contribution in [-0.4, -0.2) is 77.8 Å². The van der Waals surface area contributed by atoms with Crippen molar-refractivity contribution in [2.45, 2.75) is 93.8 Å². The summed E-state index contributed by atoms with van der Waals surface area (Å²) in [4.78, 5) is 29.6. The highest BCUT2D eigenvalue weighted by molar-refractivity contribution is 6.15. The SMILES string of the molecule is CC.CC.CCOC(C)C.CCl.CN1CCc2c1cc(O)c1ccccc21.Cc1ccc(OC(C)(C)CCO)cc1.O=CNc1cc2cc(C=O)[nH]c2cn1. The number of ether oxygens (including phenoxy) is 2. The van der Waals surface area contributed by atoms with Gasteiger partial charge in [0.25, 0.3) is 0 Å². The van der Waals surface area contributed by atoms with Crippen molar-refractivity contribution in [3.63, 3.8) is 0 Å². The molecule has 1 aliphatic rings. The molecule has 0 atom stereocenters. The van der Waals surface area contributed by atoms with E-state index in [1.807, 2.05) is 118 Å². The third-order valence-electron chi connectivity index (χ3n) is 7.71. The van der Waals surface area contributed by atoms with E-state index in [2.05, 4.69) is 44.9 Å². The minimum Gasteiger partial charge on any atom is -0.507 e. The number of alkyl halides is 1. The predicted molar refractivity (Wildman–Crippen MR) is 233 cm³/mol. The minimum atomic E-state index is -0.302. The summed E-state index contributed by atoms with van der Waals surface area (Å²) in [7, 11) is 2.07. The number of hydrogen-bond donors (Lipinski definition) is 4. The zero-order valence-corrected chi connectivity index (χ0v) is 35.8. The second kappa shape index (κ2) is 27.9. The number of benzene rings is 3. The number of hydrogen-bond acceptors (Lipinski definition) is 8. The number of phenols is 1. The summed E-state index contributed by atoms with van der Waals surface area (Å²) in [6.45, 7) is 22.1. The standard InChI is InChI=1S/C13H13NO.C12H18O2.C9H7N3O2.C5H12O.2C2H6.CH3Cl/c1-14-7-6-10-9-4-2-3-5-11(9)13(15)8-12(10)14;1-10-4-6-11(7-5-10)14-12(2,3)8-9-13;13-4-7-1-6-2-9(11-5-14)10-3-8(6)12-7;1-4-6-5(2)3;3*1-2/h2-5,8,15H,6-7H2,1H3;4-7,13H,8-9H2,1-3H3;1-5,12H,(H,10,11,14);5H,4H2,1-3H3;2*1-2H3;1H3. The summed E-state index contributed by atoms with van der Waals surface area (Å²) >= 11 is 4.64. The van der Waals surface area contributed by atoms with E-state index < -0.39 is 0 Å². The van der Waals surface area contributed by atoms with Gasteiger partial charge in [-0.25, -0.2) is 4.98 Å². The molecule has 304 valence electrons. The molecule has 0 aliphatic carbocycles. The molecule has 4 N–H and O–H groups in total. The number of halogens is 1. The molecule has 5 aromatic rings. The molecule has 0 unspecified atom stereocenters. The highest BCUT2D eigenvalue weighted by atomic mass is 35.5. The van der Waals surface area contributed by atoms with Crippen molar-refractivity contribution in [3.05, 3.63) is 89.7 Å². The van der Waals surface area contributed by atoms with Crippen LogP contribution in [0.5, 0.6) is 11.5 Å². The largest absolute Gasteiger partial charge is 0.507 e. The highest BCUT2D eigenvalue weighted by Gasteiger charge is 2.20. The number of amides is 1. The second-order valence-corrected chi connectivity index (χ2v) is 12.5. The topological polar surface area (TPSA) is 137 Å². The van der Waals surface area contributed by atoms with Crippen molar-refractivity contribution < 1.29 is 29.3 Å². The van der Waals surface area contributed by atoms with Crippen LogP contribution < -0.4 is 15.0 Å². The zero-order chi connectivity index (χ0) is 42.0. The quantitative estimate of drug-likeness (QED) is 0.0857. The maximum Gasteiger partial charge on any atom is 0.212 e. The van der Waals surface area contributed by atoms with Crippen LogP contribution in [0.4, 0.5) is 11.5 Å². The summed E-state index contributed by atoms with van der Waals surface area (Å²) in [6.07, 6.45) is 6.44. The number of carbonyl (C=O) groups is 2. The number of anilines is 2. The molecule has 0 spiro atoms. The van der Waals surface area contributed by atoms with Gasteiger partial charge in [-0.3, -0.25) is 9.59 Å². The molecule has 0 saturated heterocycles. The number of aliphatic hydroxyl groups is 1. The van der Waals surface area contributed by atoms with E-state index in [1.165, 1.54) is 28.6 Å². The van der Waals surface area contributed by atoms with Gasteiger partial charge in [0.15, 0.2) is 6.29 Å². The van der Waals surface area contributed by atoms with Crippen LogP contribution >= 0.6 is 11.6 Å². The van der Waals surface area contributed by atoms with Gasteiger partial charge in [0.05, 0.1) is 23.5 Å². The number of aliphatic hydroxyl groups excluding tert-OH is 1. The number of aromatic nitrogens is 2. The molecule has 1 amide bonds. The van der Waals surface area contributed by atoms with Crippen molar-refractivity contribution in [1.29, 1.82) is 0 Å². The number of rotatable bonds is 9. The molecule has 0 saturated carbocycles. The molecule has 11 heteroatoms. The number of H-pyrrole nitrogens is 1. The molecule has 0 radical (unpaired) electrons. The van der Waals surface area contributed by atoms with E-state index >= 15 is 0 Å². The third-order valence-corrected chi connectivity index (χ3v) is 7.71. The van der Waals surface area contributed by atoms with E-state index in [1.54, 1.807) is 18.3 Å². The predicted octanol–water partition coefficient (Wildman–Crippen LogP) is 10.4. The van der Waals surface area contributed by atoms with Crippen molar-refractivity contribution in [3.8, 4) is 11.5 Å². The first-order valence-corrected chi connectivity index (χ1v) is 19.6. The Bertz CT molecular complexity index is 1790. The van der Waals surface area contributed by atoms with Crippen LogP contribution in [0.25, 0.3) is 21.7 Å². The number of nitrogens with zero attached hydrogens (tertiary/aromatic N) is 2. The number of fused-ring (bicyclic) bond motifs is 4. The Labute approximate surface area is 334 Å². The number of carbonyl (C=O) groups excluding carboxylic acids is 2. The van der Waals surface area contributed by atoms with Crippen molar-refractivity contribution in [2.24, 2.45) is 0 Å². The van der Waals surface area contributed by atoms with Gasteiger partial charge in [0.2, 0.25) is 6.41 Å². The van der Waals surface area contributed by atoms with E-state index in [0.717, 1.165) is 47.9 Å². The van der Waals surface area contributed by atoms with Crippen molar-refractivity contribution in [1.82, 2.24) is 9.97 Å². The van der Waals surface area contributed by atoms with Crippen LogP contribution in [0.15, 0.2) is 72.9 Å². The molecule has 3 aromatic carbocycles. The Balaban J connectivity index is 0.000000697. The molecule has 1 aliphatic heterocycles. The summed E-state index contributed by atoms with van der Waals surface area (Å²) < 4.78 is 10.8. The zero-order valence-electron chi connectivity index (χ0n) is 35.0. The number of phenolic OH excluding ortho intramolecular Hbond substituents is 1. The van der Waals surface area contributed by atoms with E-state index in [0.29, 0.717) is 36.2 Å². The Morgan fingerprint density at radius 1 is 1.00 bits per heavy atom. The highest BCUT2D eigenvalue weighted by Crippen LogP contribution is 2.38. The van der Waals surface area contributed by atoms with Gasteiger partial charge >= 0.3 is 0 Å². The number of aryl methyl sites for hydroxylation is 1. The van der Waals surface area contributed by atoms with Crippen LogP contribution in [0.3, 0.4) is 0 Å². The first-order valence-electron chi connectivity index (χ1n) is 18.9. The summed E-state index contributed by atoms with van der Waals surface area (Å²) in [5.41, 5.74) is 4.72. The molecule has 3 heterocycles. The van der Waals surface area contributed by atoms with Gasteiger partial charge in [-0.1, -0.05) is 69.7 Å². The van der Waals surface area contributed by atoms with Crippen LogP contribution in [0, 0.1) is 6.92 Å². The lowest BCUT2D eigenvalue weighted by atomic mass is 10.0. The molecule has 0 bridgehead atoms. The molecule has 55 heavy (non-hydrogen) atoms. The third kappa shape index (κ3) is 17.6. The maximum absolute atomic E-state index is 10.5. The number of pyridine rings is 1. The second-order valence-electron chi connectivity index (χ2n) is 12.5. The maximum atomic E-state index is 10.5. The van der Waals surface area contributed by atoms with Crippen molar-refractivity contribution in [2.75, 3.05) is 43.4 Å². The first kappa shape index (κ1) is 50.4. The summed E-state index contributed by atoms with van der Waals surface area (Å²) in [5, 5.41) is 24.2. The molecular formula is C44H65ClN4O6. The summed E-state index contributed by atoms with van der Waals surface area (Å²) in [5.74, 6) is 1.70. The van der Waals surface area contributed by atoms with E-state index in [-0.39, 0.29) is 12.2 Å². The Hall–Kier alpha value is -4.64. The number of aromatic amines is 1. The Morgan fingerprint density at radius 3 is 2.15 bits per heavy atom. The van der Waals surface area contributed by atoms with E-state index in [9.17, 15) is 14.7 Å². The molecule has 10 nitrogen and oxygen atoms in total. The average molecular weight is 781 g/mol. The first-order chi connectivity index (χ1) is 26.4. The van der Waals surface area contributed by atoms with Gasteiger partial charge < -0.3 is 34.9 Å². The van der Waals surface area contributed by atoms with Gasteiger partial charge in [0.1, 0.15) is 22.9 Å². The number of nitrogens with one attached hydrogen (secondary N) is 2. The molecule has 2 aromatic heterocycles. The van der Waals surface area contributed by atoms with Crippen molar-refractivity contribution >= 4 is 57.5 Å². The lowest BCUT2D eigenvalue weighted by Gasteiger charge is -2.25. The van der Waals surface area contributed by atoms with Gasteiger partial charge in [-0.15, -0.1) is 11.6 Å². The van der Waals surface area contributed by atoms with Gasteiger partial charge in [-0.2, -0.15) is 0 Å². The van der Waals surface area contributed by atoms with Gasteiger partial charge in [0, 0.05) is 62.1 Å². The van der Waals surface area contributed by atoms with Crippen LogP contribution in [0.1, 0.15) is 90.3 Å². The minimum absolute atomic E-state index is 0.152. The van der Waals surface area contributed by atoms with Crippen LogP contribution in [-0.2, 0) is 16.0 Å². The molecule has 6 rings (SSSR count). The van der Waals surface area contributed by atoms with Gasteiger partial charge in [-0.05, 0) is 83.2 Å². The van der Waals surface area contributed by atoms with E-state index in [4.69, 9.17) is 14.6 Å². The Morgan fingerprint density at radius 2 is 1.62 bits per heavy atom. The fourth-order valence-corrected chi connectivity index (χ4v) is 5.24. The number of aldehydes is 1. The van der Waals surface area contributed by atoms with Crippen LogP contribution in [0.2, 0.25) is 0 Å². The molecule has 0 fully saturated rings. The summed E-state index contributed by atoms with van der Waals surface area (Å²) in [6, 6.07) is 21.3. The smallest absolute Gasteiger partial charge is 0.212 e.